The minimum atomic E-state index is -4.31. The van der Waals surface area contributed by atoms with Crippen LogP contribution in [0.5, 0.6) is 5.75 Å². The third-order valence-electron chi connectivity index (χ3n) is 3.10. The highest BCUT2D eigenvalue weighted by Crippen LogP contribution is 2.30. The molecule has 1 fully saturated rings. The molecule has 1 aromatic carbocycles. The molecule has 0 bridgehead atoms. The number of para-hydroxylation sites is 2. The van der Waals surface area contributed by atoms with Gasteiger partial charge in [-0.25, -0.2) is 0 Å². The van der Waals surface area contributed by atoms with Gasteiger partial charge < -0.3 is 14.5 Å². The predicted octanol–water partition coefficient (Wildman–Crippen LogP) is 2.38. The zero-order valence-corrected chi connectivity index (χ0v) is 10.8. The molecular formula is C13H17F3N2O. The molecule has 0 saturated carbocycles. The molecule has 0 atom stereocenters. The Morgan fingerprint density at radius 1 is 1.11 bits per heavy atom. The third kappa shape index (κ3) is 4.02. The van der Waals surface area contributed by atoms with Crippen molar-refractivity contribution in [1.29, 1.82) is 0 Å². The molecule has 1 aromatic rings. The smallest absolute Gasteiger partial charge is 0.422 e. The van der Waals surface area contributed by atoms with E-state index < -0.39 is 12.8 Å². The second kappa shape index (κ2) is 5.69. The van der Waals surface area contributed by atoms with Crippen molar-refractivity contribution in [3.8, 4) is 5.75 Å². The molecule has 0 radical (unpaired) electrons. The highest BCUT2D eigenvalue weighted by molar-refractivity contribution is 5.58. The van der Waals surface area contributed by atoms with Crippen molar-refractivity contribution in [1.82, 2.24) is 4.90 Å². The van der Waals surface area contributed by atoms with Crippen molar-refractivity contribution in [3.63, 3.8) is 0 Å². The lowest BCUT2D eigenvalue weighted by Crippen LogP contribution is -2.44. The van der Waals surface area contributed by atoms with Gasteiger partial charge in [-0.2, -0.15) is 13.2 Å². The second-order valence-electron chi connectivity index (χ2n) is 4.66. The largest absolute Gasteiger partial charge is 0.482 e. The van der Waals surface area contributed by atoms with E-state index in [0.29, 0.717) is 5.75 Å². The van der Waals surface area contributed by atoms with Crippen LogP contribution in [0.2, 0.25) is 0 Å². The van der Waals surface area contributed by atoms with Crippen LogP contribution in [0.4, 0.5) is 18.9 Å². The van der Waals surface area contributed by atoms with Crippen LogP contribution in [0, 0.1) is 0 Å². The monoisotopic (exact) mass is 274 g/mol. The number of halogens is 3. The summed E-state index contributed by atoms with van der Waals surface area (Å²) in [5.41, 5.74) is 0.736. The van der Waals surface area contributed by atoms with Gasteiger partial charge in [0.15, 0.2) is 6.61 Å². The van der Waals surface area contributed by atoms with Gasteiger partial charge in [0.25, 0.3) is 0 Å². The number of hydrogen-bond acceptors (Lipinski definition) is 3. The molecule has 1 heterocycles. The molecule has 6 heteroatoms. The quantitative estimate of drug-likeness (QED) is 0.841. The Morgan fingerprint density at radius 3 is 2.37 bits per heavy atom. The standard InChI is InChI=1S/C13H17F3N2O/c1-17-6-8-18(9-7-17)11-4-2-3-5-12(11)19-10-13(14,15)16/h2-5H,6-10H2,1H3. The number of rotatable bonds is 3. The number of likely N-dealkylation sites (N-methyl/N-ethyl adjacent to an activating group) is 1. The van der Waals surface area contributed by atoms with Crippen LogP contribution in [0.3, 0.4) is 0 Å². The summed E-state index contributed by atoms with van der Waals surface area (Å²) in [5.74, 6) is 0.296. The Kier molecular flexibility index (Phi) is 4.19. The highest BCUT2D eigenvalue weighted by atomic mass is 19.4. The molecule has 1 aliphatic rings. The fraction of sp³-hybridized carbons (Fsp3) is 0.538. The van der Waals surface area contributed by atoms with Gasteiger partial charge in [0, 0.05) is 26.2 Å². The first-order chi connectivity index (χ1) is 8.96. The predicted molar refractivity (Wildman–Crippen MR) is 67.7 cm³/mol. The molecule has 0 amide bonds. The van der Waals surface area contributed by atoms with Crippen LogP contribution in [-0.2, 0) is 0 Å². The molecule has 0 spiro atoms. The average molecular weight is 274 g/mol. The molecular weight excluding hydrogens is 257 g/mol. The molecule has 0 aromatic heterocycles. The Morgan fingerprint density at radius 2 is 1.74 bits per heavy atom. The summed E-state index contributed by atoms with van der Waals surface area (Å²) in [6, 6.07) is 6.88. The van der Waals surface area contributed by atoms with Crippen molar-refractivity contribution in [2.24, 2.45) is 0 Å². The summed E-state index contributed by atoms with van der Waals surface area (Å²) in [6.07, 6.45) is -4.31. The fourth-order valence-electron chi connectivity index (χ4n) is 2.05. The maximum absolute atomic E-state index is 12.2. The van der Waals surface area contributed by atoms with E-state index in [1.165, 1.54) is 0 Å². The summed E-state index contributed by atoms with van der Waals surface area (Å²) in [5, 5.41) is 0. The third-order valence-corrected chi connectivity index (χ3v) is 3.10. The van der Waals surface area contributed by atoms with Gasteiger partial charge in [0.1, 0.15) is 5.75 Å². The molecule has 0 unspecified atom stereocenters. The van der Waals surface area contributed by atoms with Crippen molar-refractivity contribution in [3.05, 3.63) is 24.3 Å². The topological polar surface area (TPSA) is 15.7 Å². The molecule has 3 nitrogen and oxygen atoms in total. The molecule has 0 N–H and O–H groups in total. The lowest BCUT2D eigenvalue weighted by Gasteiger charge is -2.34. The summed E-state index contributed by atoms with van der Waals surface area (Å²) >= 11 is 0. The second-order valence-corrected chi connectivity index (χ2v) is 4.66. The number of ether oxygens (including phenoxy) is 1. The summed E-state index contributed by atoms with van der Waals surface area (Å²) in [4.78, 5) is 4.25. The van der Waals surface area contributed by atoms with Crippen LogP contribution < -0.4 is 9.64 Å². The summed E-state index contributed by atoms with van der Waals surface area (Å²) < 4.78 is 41.6. The van der Waals surface area contributed by atoms with E-state index in [2.05, 4.69) is 9.80 Å². The number of hydrogen-bond donors (Lipinski definition) is 0. The number of benzene rings is 1. The maximum Gasteiger partial charge on any atom is 0.422 e. The first-order valence-corrected chi connectivity index (χ1v) is 6.18. The SMILES string of the molecule is CN1CCN(c2ccccc2OCC(F)(F)F)CC1. The molecule has 19 heavy (non-hydrogen) atoms. The lowest BCUT2D eigenvalue weighted by molar-refractivity contribution is -0.153. The van der Waals surface area contributed by atoms with Crippen molar-refractivity contribution >= 4 is 5.69 Å². The van der Waals surface area contributed by atoms with Gasteiger partial charge in [-0.15, -0.1) is 0 Å². The van der Waals surface area contributed by atoms with E-state index in [1.807, 2.05) is 13.1 Å². The minimum absolute atomic E-state index is 0.296. The van der Waals surface area contributed by atoms with Crippen LogP contribution >= 0.6 is 0 Å². The first kappa shape index (κ1) is 14.0. The Bertz CT molecular complexity index is 415. The van der Waals surface area contributed by atoms with Gasteiger partial charge in [-0.1, -0.05) is 12.1 Å². The zero-order valence-electron chi connectivity index (χ0n) is 10.8. The number of anilines is 1. The van der Waals surface area contributed by atoms with E-state index in [1.54, 1.807) is 18.2 Å². The van der Waals surface area contributed by atoms with Crippen molar-refractivity contribution in [2.75, 3.05) is 44.7 Å². The zero-order chi connectivity index (χ0) is 13.9. The molecule has 0 aliphatic carbocycles. The van der Waals surface area contributed by atoms with E-state index in [9.17, 15) is 13.2 Å². The molecule has 2 rings (SSSR count). The Labute approximate surface area is 110 Å². The number of alkyl halides is 3. The first-order valence-electron chi connectivity index (χ1n) is 6.18. The molecule has 1 saturated heterocycles. The molecule has 1 aliphatic heterocycles. The van der Waals surface area contributed by atoms with E-state index >= 15 is 0 Å². The number of nitrogens with zero attached hydrogens (tertiary/aromatic N) is 2. The normalized spacial score (nSPS) is 17.6. The fourth-order valence-corrected chi connectivity index (χ4v) is 2.05. The maximum atomic E-state index is 12.2. The van der Waals surface area contributed by atoms with Gasteiger partial charge in [-0.05, 0) is 19.2 Å². The van der Waals surface area contributed by atoms with Gasteiger partial charge in [0.2, 0.25) is 0 Å². The van der Waals surface area contributed by atoms with Crippen molar-refractivity contribution in [2.45, 2.75) is 6.18 Å². The highest BCUT2D eigenvalue weighted by Gasteiger charge is 2.29. The number of piperazine rings is 1. The summed E-state index contributed by atoms with van der Waals surface area (Å²) in [7, 11) is 2.03. The Balaban J connectivity index is 2.08. The van der Waals surface area contributed by atoms with Crippen LogP contribution in [0.1, 0.15) is 0 Å². The summed E-state index contributed by atoms with van der Waals surface area (Å²) in [6.45, 7) is 2.13. The van der Waals surface area contributed by atoms with E-state index in [0.717, 1.165) is 31.9 Å². The van der Waals surface area contributed by atoms with Crippen LogP contribution in [-0.4, -0.2) is 50.9 Å². The van der Waals surface area contributed by atoms with Crippen molar-refractivity contribution < 1.29 is 17.9 Å². The lowest BCUT2D eigenvalue weighted by atomic mass is 10.2. The van der Waals surface area contributed by atoms with Gasteiger partial charge in [0.05, 0.1) is 5.69 Å². The Hall–Kier alpha value is -1.43. The van der Waals surface area contributed by atoms with Gasteiger partial charge in [-0.3, -0.25) is 0 Å². The van der Waals surface area contributed by atoms with E-state index in [4.69, 9.17) is 4.74 Å². The molecule has 106 valence electrons. The van der Waals surface area contributed by atoms with E-state index in [-0.39, 0.29) is 0 Å². The van der Waals surface area contributed by atoms with Crippen LogP contribution in [0.25, 0.3) is 0 Å². The van der Waals surface area contributed by atoms with Crippen LogP contribution in [0.15, 0.2) is 24.3 Å². The minimum Gasteiger partial charge on any atom is -0.482 e. The van der Waals surface area contributed by atoms with Gasteiger partial charge >= 0.3 is 6.18 Å². The average Bonchev–Trinajstić information content (AvgIpc) is 2.37.